The predicted octanol–water partition coefficient (Wildman–Crippen LogP) is 2.98. The monoisotopic (exact) mass is 348 g/mol. The Labute approximate surface area is 146 Å². The van der Waals surface area contributed by atoms with Gasteiger partial charge in [0.05, 0.1) is 12.7 Å². The van der Waals surface area contributed by atoms with Crippen LogP contribution in [0.3, 0.4) is 0 Å². The van der Waals surface area contributed by atoms with Gasteiger partial charge < -0.3 is 14.2 Å². The summed E-state index contributed by atoms with van der Waals surface area (Å²) < 4.78 is 7.37. The fourth-order valence-corrected chi connectivity index (χ4v) is 3.35. The summed E-state index contributed by atoms with van der Waals surface area (Å²) in [6, 6.07) is 5.12. The van der Waals surface area contributed by atoms with Crippen LogP contribution < -0.4 is 4.74 Å². The number of ether oxygens (including phenoxy) is 1. The van der Waals surface area contributed by atoms with Crippen molar-refractivity contribution in [2.75, 3.05) is 20.2 Å². The summed E-state index contributed by atoms with van der Waals surface area (Å²) in [5.41, 5.74) is 0.514. The van der Waals surface area contributed by atoms with Crippen LogP contribution in [0.25, 0.3) is 0 Å². The summed E-state index contributed by atoms with van der Waals surface area (Å²) in [6.07, 6.45) is 3.53. The maximum absolute atomic E-state index is 12.8. The Morgan fingerprint density at radius 2 is 2.12 bits per heavy atom. The van der Waals surface area contributed by atoms with Crippen LogP contribution in [0.1, 0.15) is 41.9 Å². The first kappa shape index (κ1) is 16.8. The van der Waals surface area contributed by atoms with Crippen LogP contribution in [0, 0.1) is 0 Å². The summed E-state index contributed by atoms with van der Waals surface area (Å²) in [5.74, 6) is 1.88. The van der Waals surface area contributed by atoms with E-state index in [4.69, 9.17) is 16.3 Å². The van der Waals surface area contributed by atoms with E-state index in [0.717, 1.165) is 25.2 Å². The average Bonchev–Trinajstić information content (AvgIpc) is 3.10. The van der Waals surface area contributed by atoms with E-state index in [2.05, 4.69) is 21.7 Å². The maximum atomic E-state index is 12.8. The topological polar surface area (TPSA) is 60.2 Å². The van der Waals surface area contributed by atoms with E-state index in [1.807, 2.05) is 4.90 Å². The van der Waals surface area contributed by atoms with Crippen molar-refractivity contribution in [1.29, 1.82) is 0 Å². The molecule has 1 amide bonds. The number of hydrogen-bond acceptors (Lipinski definition) is 4. The van der Waals surface area contributed by atoms with Gasteiger partial charge >= 0.3 is 0 Å². The zero-order valence-corrected chi connectivity index (χ0v) is 14.7. The second-order valence-corrected chi connectivity index (χ2v) is 6.32. The molecule has 0 spiro atoms. The summed E-state index contributed by atoms with van der Waals surface area (Å²) in [5, 5.41) is 8.79. The van der Waals surface area contributed by atoms with E-state index in [9.17, 15) is 4.79 Å². The first-order valence-electron chi connectivity index (χ1n) is 8.14. The summed E-state index contributed by atoms with van der Waals surface area (Å²) >= 11 is 6.04. The summed E-state index contributed by atoms with van der Waals surface area (Å²) in [6.45, 7) is 4.32. The molecular formula is C17H21ClN4O2. The first-order valence-corrected chi connectivity index (χ1v) is 8.52. The van der Waals surface area contributed by atoms with E-state index >= 15 is 0 Å². The number of methoxy groups -OCH3 is 1. The number of aromatic nitrogens is 3. The van der Waals surface area contributed by atoms with Gasteiger partial charge in [-0.2, -0.15) is 0 Å². The fraction of sp³-hybridized carbons (Fsp3) is 0.471. The molecule has 1 aromatic carbocycles. The number of amides is 1. The molecule has 1 aromatic heterocycles. The van der Waals surface area contributed by atoms with Crippen LogP contribution in [0.5, 0.6) is 5.75 Å². The lowest BCUT2D eigenvalue weighted by atomic mass is 9.95. The molecule has 0 aliphatic carbocycles. The molecule has 6 nitrogen and oxygen atoms in total. The van der Waals surface area contributed by atoms with Gasteiger partial charge in [0, 0.05) is 30.6 Å². The second-order valence-electron chi connectivity index (χ2n) is 5.89. The quantitative estimate of drug-likeness (QED) is 0.852. The minimum Gasteiger partial charge on any atom is -0.496 e. The highest BCUT2D eigenvalue weighted by molar-refractivity contribution is 6.31. The Balaban J connectivity index is 1.71. The van der Waals surface area contributed by atoms with Crippen LogP contribution >= 0.6 is 11.6 Å². The highest BCUT2D eigenvalue weighted by atomic mass is 35.5. The Morgan fingerprint density at radius 1 is 1.38 bits per heavy atom. The van der Waals surface area contributed by atoms with E-state index in [1.165, 1.54) is 0 Å². The molecule has 3 rings (SSSR count). The van der Waals surface area contributed by atoms with Gasteiger partial charge in [-0.05, 0) is 38.0 Å². The Hall–Kier alpha value is -2.08. The van der Waals surface area contributed by atoms with Crippen LogP contribution in [-0.4, -0.2) is 45.8 Å². The van der Waals surface area contributed by atoms with Gasteiger partial charge in [-0.25, -0.2) is 0 Å². The molecule has 0 unspecified atom stereocenters. The molecule has 0 atom stereocenters. The average molecular weight is 349 g/mol. The second kappa shape index (κ2) is 7.21. The van der Waals surface area contributed by atoms with Crippen LogP contribution in [0.2, 0.25) is 5.02 Å². The molecular weight excluding hydrogens is 328 g/mol. The molecule has 7 heteroatoms. The standard InChI is InChI=1S/C17H21ClN4O2/c1-3-21-11-19-20-16(21)12-6-8-22(9-7-12)17(23)14-10-13(18)4-5-15(14)24-2/h4-5,10-12H,3,6-9H2,1-2H3. The van der Waals surface area contributed by atoms with Crippen LogP contribution in [0.4, 0.5) is 0 Å². The lowest BCUT2D eigenvalue weighted by Crippen LogP contribution is -2.38. The van der Waals surface area contributed by atoms with Crippen molar-refractivity contribution < 1.29 is 9.53 Å². The zero-order chi connectivity index (χ0) is 17.1. The van der Waals surface area contributed by atoms with Gasteiger partial charge in [0.1, 0.15) is 17.9 Å². The molecule has 24 heavy (non-hydrogen) atoms. The molecule has 1 aliphatic rings. The first-order chi connectivity index (χ1) is 11.6. The molecule has 1 saturated heterocycles. The van der Waals surface area contributed by atoms with Crippen molar-refractivity contribution in [2.24, 2.45) is 0 Å². The SMILES string of the molecule is CCn1cnnc1C1CCN(C(=O)c2cc(Cl)ccc2OC)CC1. The summed E-state index contributed by atoms with van der Waals surface area (Å²) in [4.78, 5) is 14.7. The van der Waals surface area contributed by atoms with Gasteiger partial charge in [-0.15, -0.1) is 10.2 Å². The smallest absolute Gasteiger partial charge is 0.257 e. The van der Waals surface area contributed by atoms with Crippen molar-refractivity contribution in [3.05, 3.63) is 40.9 Å². The number of likely N-dealkylation sites (tertiary alicyclic amines) is 1. The molecule has 1 fully saturated rings. The van der Waals surface area contributed by atoms with Crippen molar-refractivity contribution in [1.82, 2.24) is 19.7 Å². The predicted molar refractivity (Wildman–Crippen MR) is 91.6 cm³/mol. The number of benzene rings is 1. The van der Waals surface area contributed by atoms with E-state index in [0.29, 0.717) is 35.3 Å². The van der Waals surface area contributed by atoms with Crippen molar-refractivity contribution in [3.63, 3.8) is 0 Å². The summed E-state index contributed by atoms with van der Waals surface area (Å²) in [7, 11) is 1.56. The van der Waals surface area contributed by atoms with Gasteiger partial charge in [0.2, 0.25) is 0 Å². The Morgan fingerprint density at radius 3 is 2.79 bits per heavy atom. The van der Waals surface area contributed by atoms with Gasteiger partial charge in [-0.1, -0.05) is 11.6 Å². The molecule has 128 valence electrons. The third kappa shape index (κ3) is 3.24. The third-order valence-electron chi connectivity index (χ3n) is 4.53. The molecule has 0 N–H and O–H groups in total. The minimum absolute atomic E-state index is 0.0373. The van der Waals surface area contributed by atoms with Crippen molar-refractivity contribution in [3.8, 4) is 5.75 Å². The van der Waals surface area contributed by atoms with Gasteiger partial charge in [-0.3, -0.25) is 4.79 Å². The number of carbonyl (C=O) groups excluding carboxylic acids is 1. The molecule has 0 bridgehead atoms. The van der Waals surface area contributed by atoms with Crippen molar-refractivity contribution >= 4 is 17.5 Å². The highest BCUT2D eigenvalue weighted by Crippen LogP contribution is 2.29. The highest BCUT2D eigenvalue weighted by Gasteiger charge is 2.28. The zero-order valence-electron chi connectivity index (χ0n) is 13.9. The Kier molecular flexibility index (Phi) is 5.04. The number of hydrogen-bond donors (Lipinski definition) is 0. The third-order valence-corrected chi connectivity index (χ3v) is 4.76. The number of piperidine rings is 1. The largest absolute Gasteiger partial charge is 0.496 e. The molecule has 2 aromatic rings. The molecule has 1 aliphatic heterocycles. The molecule has 0 radical (unpaired) electrons. The van der Waals surface area contributed by atoms with E-state index in [1.54, 1.807) is 31.6 Å². The van der Waals surface area contributed by atoms with Gasteiger partial charge in [0.25, 0.3) is 5.91 Å². The maximum Gasteiger partial charge on any atom is 0.257 e. The van der Waals surface area contributed by atoms with E-state index < -0.39 is 0 Å². The van der Waals surface area contributed by atoms with Gasteiger partial charge in [0.15, 0.2) is 0 Å². The number of rotatable bonds is 4. The number of aryl methyl sites for hydroxylation is 1. The fourth-order valence-electron chi connectivity index (χ4n) is 3.18. The number of nitrogens with zero attached hydrogens (tertiary/aromatic N) is 4. The number of halogens is 1. The number of carbonyl (C=O) groups is 1. The normalized spacial score (nSPS) is 15.5. The molecule has 2 heterocycles. The molecule has 0 saturated carbocycles. The van der Waals surface area contributed by atoms with Crippen molar-refractivity contribution in [2.45, 2.75) is 32.2 Å². The lowest BCUT2D eigenvalue weighted by molar-refractivity contribution is 0.0707. The van der Waals surface area contributed by atoms with Crippen LogP contribution in [0.15, 0.2) is 24.5 Å². The lowest BCUT2D eigenvalue weighted by Gasteiger charge is -2.32. The van der Waals surface area contributed by atoms with Crippen LogP contribution in [-0.2, 0) is 6.54 Å². The minimum atomic E-state index is -0.0373. The Bertz CT molecular complexity index is 723. The van der Waals surface area contributed by atoms with E-state index in [-0.39, 0.29) is 5.91 Å².